The van der Waals surface area contributed by atoms with E-state index in [2.05, 4.69) is 13.2 Å². The molecule has 0 radical (unpaired) electrons. The smallest absolute Gasteiger partial charge is 0.101 e. The van der Waals surface area contributed by atoms with Crippen LogP contribution in [-0.4, -0.2) is 6.26 Å². The van der Waals surface area contributed by atoms with Crippen molar-refractivity contribution in [1.82, 2.24) is 0 Å². The van der Waals surface area contributed by atoms with Gasteiger partial charge in [-0.3, -0.25) is 0 Å². The molecular weight excluding hydrogens is 202 g/mol. The molecule has 0 spiro atoms. The van der Waals surface area contributed by atoms with Crippen molar-refractivity contribution in [3.8, 4) is 6.07 Å². The summed E-state index contributed by atoms with van der Waals surface area (Å²) in [6, 6.07) is 7.62. The van der Waals surface area contributed by atoms with Crippen LogP contribution < -0.4 is 0 Å². The fraction of sp³-hybridized carbons (Fsp3) is 0.300. The molecule has 1 aromatic rings. The minimum absolute atomic E-state index is 0.422. The highest BCUT2D eigenvalue weighted by molar-refractivity contribution is 7.98. The lowest BCUT2D eigenvalue weighted by molar-refractivity contribution is 1.10. The molecule has 13 heavy (non-hydrogen) atoms. The molecule has 0 aliphatic heterocycles. The van der Waals surface area contributed by atoms with Crippen molar-refractivity contribution >= 4 is 23.4 Å². The minimum Gasteiger partial charge on any atom is -0.192 e. The molecular formula is C10H10ClNS. The molecule has 0 aromatic heterocycles. The molecule has 1 aromatic carbocycles. The Labute approximate surface area is 87.7 Å². The third-order valence-electron chi connectivity index (χ3n) is 1.94. The van der Waals surface area contributed by atoms with Crippen LogP contribution in [0.15, 0.2) is 18.2 Å². The molecule has 0 aliphatic carbocycles. The van der Waals surface area contributed by atoms with E-state index in [4.69, 9.17) is 16.9 Å². The number of rotatable bonds is 2. The van der Waals surface area contributed by atoms with Crippen molar-refractivity contribution in [2.75, 3.05) is 6.26 Å². The second kappa shape index (κ2) is 4.55. The molecule has 0 N–H and O–H groups in total. The van der Waals surface area contributed by atoms with E-state index in [1.165, 1.54) is 0 Å². The first-order valence-corrected chi connectivity index (χ1v) is 5.58. The molecule has 0 amide bonds. The number of nitriles is 1. The predicted molar refractivity (Wildman–Crippen MR) is 58.1 cm³/mol. The number of benzene rings is 1. The lowest BCUT2D eigenvalue weighted by Gasteiger charge is -2.08. The highest BCUT2D eigenvalue weighted by Crippen LogP contribution is 2.28. The van der Waals surface area contributed by atoms with Gasteiger partial charge in [0, 0.05) is 5.25 Å². The Morgan fingerprint density at radius 3 is 2.69 bits per heavy atom. The van der Waals surface area contributed by atoms with Crippen LogP contribution >= 0.6 is 23.4 Å². The molecule has 3 heteroatoms. The van der Waals surface area contributed by atoms with Gasteiger partial charge in [-0.15, -0.1) is 0 Å². The molecule has 0 saturated carbocycles. The van der Waals surface area contributed by atoms with Crippen molar-refractivity contribution in [3.05, 3.63) is 34.3 Å². The highest BCUT2D eigenvalue weighted by Gasteiger charge is 2.06. The van der Waals surface area contributed by atoms with E-state index in [1.807, 2.05) is 18.2 Å². The van der Waals surface area contributed by atoms with E-state index in [-0.39, 0.29) is 0 Å². The normalized spacial score (nSPS) is 12.2. The van der Waals surface area contributed by atoms with E-state index in [0.717, 1.165) is 5.56 Å². The summed E-state index contributed by atoms with van der Waals surface area (Å²) in [6.45, 7) is 2.11. The topological polar surface area (TPSA) is 23.8 Å². The largest absolute Gasteiger partial charge is 0.192 e. The molecule has 0 aliphatic rings. The second-order valence-electron chi connectivity index (χ2n) is 2.73. The van der Waals surface area contributed by atoms with Gasteiger partial charge >= 0.3 is 0 Å². The van der Waals surface area contributed by atoms with Crippen LogP contribution in [0.1, 0.15) is 23.3 Å². The van der Waals surface area contributed by atoms with Gasteiger partial charge < -0.3 is 0 Å². The van der Waals surface area contributed by atoms with Crippen molar-refractivity contribution in [2.24, 2.45) is 0 Å². The molecule has 0 bridgehead atoms. The number of halogens is 1. The van der Waals surface area contributed by atoms with Crippen molar-refractivity contribution < 1.29 is 0 Å². The summed E-state index contributed by atoms with van der Waals surface area (Å²) in [6.07, 6.45) is 2.05. The Morgan fingerprint density at radius 1 is 1.54 bits per heavy atom. The quantitative estimate of drug-likeness (QED) is 0.746. The molecule has 68 valence electrons. The van der Waals surface area contributed by atoms with Crippen LogP contribution in [0.5, 0.6) is 0 Å². The van der Waals surface area contributed by atoms with Gasteiger partial charge in [-0.25, -0.2) is 0 Å². The maximum atomic E-state index is 8.67. The zero-order valence-electron chi connectivity index (χ0n) is 7.54. The molecule has 0 heterocycles. The molecule has 1 rings (SSSR count). The average Bonchev–Trinajstić information content (AvgIpc) is 2.16. The number of thioether (sulfide) groups is 1. The van der Waals surface area contributed by atoms with Crippen molar-refractivity contribution in [3.63, 3.8) is 0 Å². The van der Waals surface area contributed by atoms with Gasteiger partial charge in [-0.2, -0.15) is 17.0 Å². The van der Waals surface area contributed by atoms with E-state index in [0.29, 0.717) is 15.8 Å². The van der Waals surface area contributed by atoms with E-state index in [1.54, 1.807) is 17.8 Å². The van der Waals surface area contributed by atoms with Crippen LogP contribution in [0, 0.1) is 11.3 Å². The van der Waals surface area contributed by atoms with E-state index >= 15 is 0 Å². The lowest BCUT2D eigenvalue weighted by Crippen LogP contribution is -1.88. The maximum Gasteiger partial charge on any atom is 0.101 e. The zero-order chi connectivity index (χ0) is 9.84. The molecule has 0 fully saturated rings. The third-order valence-corrected chi connectivity index (χ3v) is 3.23. The van der Waals surface area contributed by atoms with Crippen LogP contribution in [0.4, 0.5) is 0 Å². The van der Waals surface area contributed by atoms with Gasteiger partial charge in [0.15, 0.2) is 0 Å². The number of hydrogen-bond acceptors (Lipinski definition) is 2. The van der Waals surface area contributed by atoms with Gasteiger partial charge in [0.1, 0.15) is 6.07 Å². The first kappa shape index (κ1) is 10.4. The second-order valence-corrected chi connectivity index (χ2v) is 4.31. The monoisotopic (exact) mass is 211 g/mol. The predicted octanol–water partition coefficient (Wildman–Crippen LogP) is 3.64. The fourth-order valence-corrected chi connectivity index (χ4v) is 1.66. The summed E-state index contributed by atoms with van der Waals surface area (Å²) < 4.78 is 0. The molecule has 1 unspecified atom stereocenters. The third kappa shape index (κ3) is 2.40. The summed E-state index contributed by atoms with van der Waals surface area (Å²) in [4.78, 5) is 0. The molecule has 1 nitrogen and oxygen atoms in total. The maximum absolute atomic E-state index is 8.67. The first-order chi connectivity index (χ1) is 6.19. The van der Waals surface area contributed by atoms with Crippen LogP contribution in [0.25, 0.3) is 0 Å². The molecule has 0 saturated heterocycles. The summed E-state index contributed by atoms with van der Waals surface area (Å²) in [5.41, 5.74) is 1.70. The Morgan fingerprint density at radius 2 is 2.23 bits per heavy atom. The number of hydrogen-bond donors (Lipinski definition) is 0. The van der Waals surface area contributed by atoms with E-state index < -0.39 is 0 Å². The number of nitrogens with zero attached hydrogens (tertiary/aromatic N) is 1. The van der Waals surface area contributed by atoms with Crippen LogP contribution in [0.2, 0.25) is 5.02 Å². The Bertz CT molecular complexity index is 343. The van der Waals surface area contributed by atoms with Crippen molar-refractivity contribution in [1.29, 1.82) is 5.26 Å². The lowest BCUT2D eigenvalue weighted by atomic mass is 10.1. The van der Waals surface area contributed by atoms with Gasteiger partial charge in [-0.05, 0) is 30.9 Å². The van der Waals surface area contributed by atoms with Gasteiger partial charge in [0.05, 0.1) is 10.6 Å². The summed E-state index contributed by atoms with van der Waals surface area (Å²) in [5, 5.41) is 9.63. The fourth-order valence-electron chi connectivity index (χ4n) is 1.01. The van der Waals surface area contributed by atoms with Crippen molar-refractivity contribution in [2.45, 2.75) is 12.2 Å². The average molecular weight is 212 g/mol. The van der Waals surface area contributed by atoms with Gasteiger partial charge in [0.25, 0.3) is 0 Å². The SMILES string of the molecule is CSC(C)c1ccc(C#N)c(Cl)c1. The van der Waals surface area contributed by atoms with E-state index in [9.17, 15) is 0 Å². The van der Waals surface area contributed by atoms with Crippen LogP contribution in [0.3, 0.4) is 0 Å². The molecule has 1 atom stereocenters. The van der Waals surface area contributed by atoms with Gasteiger partial charge in [0.2, 0.25) is 0 Å². The standard InChI is InChI=1S/C10H10ClNS/c1-7(13-2)8-3-4-9(6-12)10(11)5-8/h3-5,7H,1-2H3. The van der Waals surface area contributed by atoms with Gasteiger partial charge in [-0.1, -0.05) is 17.7 Å². The first-order valence-electron chi connectivity index (χ1n) is 3.91. The Kier molecular flexibility index (Phi) is 3.65. The van der Waals surface area contributed by atoms with Crippen LogP contribution in [-0.2, 0) is 0 Å². The Hall–Kier alpha value is -0.650. The summed E-state index contributed by atoms with van der Waals surface area (Å²) >= 11 is 7.66. The minimum atomic E-state index is 0.422. The Balaban J connectivity index is 3.04. The zero-order valence-corrected chi connectivity index (χ0v) is 9.12. The highest BCUT2D eigenvalue weighted by atomic mass is 35.5. The summed E-state index contributed by atoms with van der Waals surface area (Å²) in [5.74, 6) is 0. The summed E-state index contributed by atoms with van der Waals surface area (Å²) in [7, 11) is 0.